The molecule has 1 atom stereocenters. The van der Waals surface area contributed by atoms with Crippen molar-refractivity contribution in [3.63, 3.8) is 0 Å². The Morgan fingerprint density at radius 2 is 1.69 bits per heavy atom. The molecule has 1 unspecified atom stereocenters. The summed E-state index contributed by atoms with van der Waals surface area (Å²) in [6.45, 7) is 4.41. The van der Waals surface area contributed by atoms with Crippen LogP contribution in [0.3, 0.4) is 0 Å². The molecule has 0 heterocycles. The summed E-state index contributed by atoms with van der Waals surface area (Å²) in [6, 6.07) is 0. The first kappa shape index (κ1) is 16.4. The molecule has 16 heavy (non-hydrogen) atoms. The van der Waals surface area contributed by atoms with Gasteiger partial charge < -0.3 is 0 Å². The van der Waals surface area contributed by atoms with Crippen molar-refractivity contribution in [1.29, 1.82) is 0 Å². The number of hydrogen-bond donors (Lipinski definition) is 0. The van der Waals surface area contributed by atoms with Crippen LogP contribution in [0.15, 0.2) is 0 Å². The Labute approximate surface area is 109 Å². The van der Waals surface area contributed by atoms with Gasteiger partial charge in [-0.2, -0.15) is 0 Å². The molecule has 0 aliphatic heterocycles. The van der Waals surface area contributed by atoms with Crippen LogP contribution in [0, 0.1) is 5.41 Å². The number of sulfone groups is 1. The number of unbranched alkanes of at least 4 members (excludes halogenated alkanes) is 1. The number of halogens is 1. The fourth-order valence-corrected chi connectivity index (χ4v) is 3.59. The van der Waals surface area contributed by atoms with Gasteiger partial charge in [-0.15, -0.1) is 0 Å². The van der Waals surface area contributed by atoms with E-state index in [1.165, 1.54) is 25.5 Å². The molecule has 0 N–H and O–H groups in total. The molecule has 0 saturated heterocycles. The van der Waals surface area contributed by atoms with Crippen LogP contribution in [0.4, 0.5) is 0 Å². The Bertz CT molecular complexity index is 269. The van der Waals surface area contributed by atoms with Crippen LogP contribution < -0.4 is 0 Å². The number of hydrogen-bond acceptors (Lipinski definition) is 2. The van der Waals surface area contributed by atoms with E-state index in [4.69, 9.17) is 0 Å². The third kappa shape index (κ3) is 6.89. The Hall–Kier alpha value is 0.430. The van der Waals surface area contributed by atoms with Crippen LogP contribution in [0.5, 0.6) is 0 Å². The summed E-state index contributed by atoms with van der Waals surface area (Å²) in [5, 5.41) is 0.986. The van der Waals surface area contributed by atoms with Gasteiger partial charge in [0, 0.05) is 17.3 Å². The molecule has 0 spiro atoms. The van der Waals surface area contributed by atoms with Gasteiger partial charge in [0.25, 0.3) is 0 Å². The average molecular weight is 313 g/mol. The molecule has 4 heteroatoms. The lowest BCUT2D eigenvalue weighted by atomic mass is 9.78. The summed E-state index contributed by atoms with van der Waals surface area (Å²) in [5.74, 6) is 0.327. The average Bonchev–Trinajstić information content (AvgIpc) is 2.22. The van der Waals surface area contributed by atoms with E-state index in [0.717, 1.165) is 24.6 Å². The standard InChI is InChI=1S/C12H25BrO2S/c1-4-6-8-12(5-2,11-13)9-7-10-16(3,14)15/h4-11H2,1-3H3. The predicted octanol–water partition coefficient (Wildman–Crippen LogP) is 3.79. The number of alkyl halides is 1. The molecule has 0 aliphatic rings. The first-order chi connectivity index (χ1) is 7.39. The summed E-state index contributed by atoms with van der Waals surface area (Å²) in [6.07, 6.45) is 7.90. The highest BCUT2D eigenvalue weighted by atomic mass is 79.9. The van der Waals surface area contributed by atoms with Crippen molar-refractivity contribution in [3.05, 3.63) is 0 Å². The van der Waals surface area contributed by atoms with E-state index < -0.39 is 9.84 Å². The second-order valence-corrected chi connectivity index (χ2v) is 7.64. The molecule has 0 rings (SSSR count). The SMILES string of the molecule is CCCCC(CC)(CBr)CCCS(C)(=O)=O. The summed E-state index contributed by atoms with van der Waals surface area (Å²) in [7, 11) is -2.80. The maximum atomic E-state index is 11.1. The molecule has 0 bridgehead atoms. The molecular formula is C12H25BrO2S. The van der Waals surface area contributed by atoms with E-state index in [1.54, 1.807) is 0 Å². The highest BCUT2D eigenvalue weighted by Gasteiger charge is 2.26. The van der Waals surface area contributed by atoms with Gasteiger partial charge in [-0.3, -0.25) is 0 Å². The Morgan fingerprint density at radius 3 is 2.06 bits per heavy atom. The Morgan fingerprint density at radius 1 is 1.12 bits per heavy atom. The fraction of sp³-hybridized carbons (Fsp3) is 1.00. The minimum atomic E-state index is -2.80. The molecule has 98 valence electrons. The van der Waals surface area contributed by atoms with E-state index in [2.05, 4.69) is 29.8 Å². The third-order valence-corrected chi connectivity index (χ3v) is 5.54. The molecule has 2 nitrogen and oxygen atoms in total. The largest absolute Gasteiger partial charge is 0.229 e. The van der Waals surface area contributed by atoms with Crippen LogP contribution in [0.2, 0.25) is 0 Å². The van der Waals surface area contributed by atoms with E-state index in [9.17, 15) is 8.42 Å². The molecule has 0 fully saturated rings. The molecule has 0 aromatic heterocycles. The minimum absolute atomic E-state index is 0.306. The summed E-state index contributed by atoms with van der Waals surface area (Å²) < 4.78 is 22.2. The first-order valence-electron chi connectivity index (χ1n) is 6.13. The topological polar surface area (TPSA) is 34.1 Å². The van der Waals surface area contributed by atoms with E-state index in [0.29, 0.717) is 11.2 Å². The second-order valence-electron chi connectivity index (χ2n) is 4.82. The molecule has 0 aliphatic carbocycles. The van der Waals surface area contributed by atoms with Gasteiger partial charge in [0.05, 0.1) is 0 Å². The first-order valence-corrected chi connectivity index (χ1v) is 9.31. The van der Waals surface area contributed by atoms with Gasteiger partial charge in [-0.1, -0.05) is 42.6 Å². The van der Waals surface area contributed by atoms with Crippen LogP contribution in [0.1, 0.15) is 52.4 Å². The van der Waals surface area contributed by atoms with Gasteiger partial charge in [0.1, 0.15) is 9.84 Å². The van der Waals surface area contributed by atoms with Gasteiger partial charge in [0.15, 0.2) is 0 Å². The lowest BCUT2D eigenvalue weighted by Crippen LogP contribution is -2.23. The monoisotopic (exact) mass is 312 g/mol. The maximum absolute atomic E-state index is 11.1. The minimum Gasteiger partial charge on any atom is -0.229 e. The lowest BCUT2D eigenvalue weighted by molar-refractivity contribution is 0.261. The molecule has 0 radical (unpaired) electrons. The van der Waals surface area contributed by atoms with E-state index in [1.807, 2.05) is 0 Å². The van der Waals surface area contributed by atoms with Crippen molar-refractivity contribution in [1.82, 2.24) is 0 Å². The summed E-state index contributed by atoms with van der Waals surface area (Å²) >= 11 is 3.59. The lowest BCUT2D eigenvalue weighted by Gasteiger charge is -2.31. The quantitative estimate of drug-likeness (QED) is 0.607. The molecule has 0 amide bonds. The zero-order valence-electron chi connectivity index (χ0n) is 10.8. The van der Waals surface area contributed by atoms with Gasteiger partial charge in [0.2, 0.25) is 0 Å². The predicted molar refractivity (Wildman–Crippen MR) is 75.0 cm³/mol. The zero-order valence-corrected chi connectivity index (χ0v) is 13.2. The molecule has 0 aromatic carbocycles. The van der Waals surface area contributed by atoms with Crippen molar-refractivity contribution >= 4 is 25.8 Å². The van der Waals surface area contributed by atoms with Gasteiger partial charge in [-0.25, -0.2) is 8.42 Å². The van der Waals surface area contributed by atoms with Crippen LogP contribution in [-0.4, -0.2) is 25.8 Å². The van der Waals surface area contributed by atoms with Crippen molar-refractivity contribution in [2.24, 2.45) is 5.41 Å². The molecular weight excluding hydrogens is 288 g/mol. The van der Waals surface area contributed by atoms with Crippen LogP contribution in [-0.2, 0) is 9.84 Å². The smallest absolute Gasteiger partial charge is 0.147 e. The Kier molecular flexibility index (Phi) is 7.90. The number of rotatable bonds is 9. The van der Waals surface area contributed by atoms with Crippen LogP contribution in [0.25, 0.3) is 0 Å². The summed E-state index contributed by atoms with van der Waals surface area (Å²) in [5.41, 5.74) is 0.306. The maximum Gasteiger partial charge on any atom is 0.147 e. The third-order valence-electron chi connectivity index (χ3n) is 3.32. The van der Waals surface area contributed by atoms with Crippen molar-refractivity contribution < 1.29 is 8.42 Å². The normalized spacial score (nSPS) is 16.0. The highest BCUT2D eigenvalue weighted by molar-refractivity contribution is 9.09. The van der Waals surface area contributed by atoms with Crippen LogP contribution >= 0.6 is 15.9 Å². The molecule has 0 aromatic rings. The van der Waals surface area contributed by atoms with Crippen molar-refractivity contribution in [2.75, 3.05) is 17.3 Å². The molecule has 0 saturated carbocycles. The van der Waals surface area contributed by atoms with Crippen molar-refractivity contribution in [3.8, 4) is 0 Å². The fourth-order valence-electron chi connectivity index (χ4n) is 1.97. The second kappa shape index (κ2) is 7.70. The van der Waals surface area contributed by atoms with Crippen molar-refractivity contribution in [2.45, 2.75) is 52.4 Å². The zero-order chi connectivity index (χ0) is 12.7. The van der Waals surface area contributed by atoms with E-state index >= 15 is 0 Å². The van der Waals surface area contributed by atoms with Gasteiger partial charge >= 0.3 is 0 Å². The summed E-state index contributed by atoms with van der Waals surface area (Å²) in [4.78, 5) is 0. The van der Waals surface area contributed by atoms with E-state index in [-0.39, 0.29) is 0 Å². The van der Waals surface area contributed by atoms with Gasteiger partial charge in [-0.05, 0) is 31.1 Å². The highest BCUT2D eigenvalue weighted by Crippen LogP contribution is 2.36. The Balaban J connectivity index is 4.21.